The number of amides is 3. The van der Waals surface area contributed by atoms with Gasteiger partial charge in [0.1, 0.15) is 0 Å². The van der Waals surface area contributed by atoms with Crippen molar-refractivity contribution in [2.45, 2.75) is 19.3 Å². The Morgan fingerprint density at radius 1 is 1.21 bits per heavy atom. The van der Waals surface area contributed by atoms with Gasteiger partial charge in [0.15, 0.2) is 0 Å². The number of carbonyl (C=O) groups is 2. The summed E-state index contributed by atoms with van der Waals surface area (Å²) in [5, 5.41) is 2.91. The fraction of sp³-hybridized carbons (Fsp3) is 0.318. The van der Waals surface area contributed by atoms with Gasteiger partial charge in [0, 0.05) is 45.0 Å². The molecule has 0 saturated carbocycles. The average Bonchev–Trinajstić information content (AvgIpc) is 2.72. The third-order valence-electron chi connectivity index (χ3n) is 4.75. The van der Waals surface area contributed by atoms with Crippen LogP contribution in [0.15, 0.2) is 48.7 Å². The Balaban J connectivity index is 0.00000300. The molecule has 0 unspecified atom stereocenters. The van der Waals surface area contributed by atoms with Crippen molar-refractivity contribution in [1.29, 1.82) is 0 Å². The van der Waals surface area contributed by atoms with E-state index in [-0.39, 0.29) is 24.3 Å². The quantitative estimate of drug-likeness (QED) is 0.772. The maximum absolute atomic E-state index is 12.4. The number of nitrogens with one attached hydrogen (secondary N) is 1. The largest absolute Gasteiger partial charge is 0.341 e. The first-order valence-electron chi connectivity index (χ1n) is 9.61. The predicted octanol–water partition coefficient (Wildman–Crippen LogP) is 4.15. The first kappa shape index (κ1) is 22.4. The number of piperidine rings is 1. The fourth-order valence-electron chi connectivity index (χ4n) is 3.07. The van der Waals surface area contributed by atoms with Gasteiger partial charge in [-0.25, -0.2) is 4.79 Å². The Hall–Kier alpha value is -2.86. The van der Waals surface area contributed by atoms with Gasteiger partial charge in [0.05, 0.1) is 5.69 Å². The Morgan fingerprint density at radius 3 is 2.83 bits per heavy atom. The lowest BCUT2D eigenvalue weighted by Crippen LogP contribution is -2.42. The zero-order valence-corrected chi connectivity index (χ0v) is 17.4. The minimum Gasteiger partial charge on any atom is -0.341 e. The molecule has 3 rings (SSSR count). The lowest BCUT2D eigenvalue weighted by molar-refractivity contribution is -0.133. The molecule has 0 atom stereocenters. The van der Waals surface area contributed by atoms with Crippen molar-refractivity contribution >= 4 is 42.2 Å². The van der Waals surface area contributed by atoms with E-state index >= 15 is 0 Å². The molecule has 0 aliphatic carbocycles. The summed E-state index contributed by atoms with van der Waals surface area (Å²) in [6, 6.07) is 13.2. The highest BCUT2D eigenvalue weighted by Gasteiger charge is 2.19. The van der Waals surface area contributed by atoms with E-state index in [0.717, 1.165) is 36.3 Å². The van der Waals surface area contributed by atoms with Crippen LogP contribution in [-0.4, -0.2) is 53.4 Å². The highest BCUT2D eigenvalue weighted by Crippen LogP contribution is 2.14. The SMILES string of the molecule is CN(CCN1CCCCC1=O)C(=O)Nc1cccc(C=Cc2ccccn2)c1.Cl. The number of aromatic nitrogens is 1. The second kappa shape index (κ2) is 11.2. The molecule has 1 aliphatic heterocycles. The number of hydrogen-bond acceptors (Lipinski definition) is 3. The second-order valence-electron chi connectivity index (χ2n) is 6.90. The number of anilines is 1. The zero-order chi connectivity index (χ0) is 19.8. The Kier molecular flexibility index (Phi) is 8.68. The van der Waals surface area contributed by atoms with E-state index in [1.165, 1.54) is 0 Å². The van der Waals surface area contributed by atoms with Gasteiger partial charge in [-0.1, -0.05) is 24.3 Å². The summed E-state index contributed by atoms with van der Waals surface area (Å²) in [5.41, 5.74) is 2.59. The molecule has 3 amide bonds. The normalized spacial score (nSPS) is 13.8. The molecular formula is C22H27ClN4O2. The highest BCUT2D eigenvalue weighted by molar-refractivity contribution is 5.89. The number of nitrogens with zero attached hydrogens (tertiary/aromatic N) is 3. The summed E-state index contributed by atoms with van der Waals surface area (Å²) in [5.74, 6) is 0.187. The maximum atomic E-state index is 12.4. The zero-order valence-electron chi connectivity index (χ0n) is 16.6. The average molecular weight is 415 g/mol. The van der Waals surface area contributed by atoms with Gasteiger partial charge in [-0.15, -0.1) is 12.4 Å². The summed E-state index contributed by atoms with van der Waals surface area (Å²) in [7, 11) is 1.74. The molecule has 2 aromatic rings. The molecule has 154 valence electrons. The molecule has 1 aromatic carbocycles. The Labute approximate surface area is 178 Å². The number of rotatable bonds is 6. The number of urea groups is 1. The predicted molar refractivity (Wildman–Crippen MR) is 119 cm³/mol. The standard InChI is InChI=1S/C22H26N4O2.ClH/c1-25(15-16-26-14-5-3-10-21(26)27)22(28)24-20-9-6-7-18(17-20)11-12-19-8-2-4-13-23-19;/h2,4,6-9,11-13,17H,3,5,10,14-16H2,1H3,(H,24,28);1H. The van der Waals surface area contributed by atoms with Crippen molar-refractivity contribution in [2.24, 2.45) is 0 Å². The third-order valence-corrected chi connectivity index (χ3v) is 4.75. The van der Waals surface area contributed by atoms with E-state index in [1.54, 1.807) is 18.1 Å². The summed E-state index contributed by atoms with van der Waals surface area (Å²) in [6.07, 6.45) is 8.28. The van der Waals surface area contributed by atoms with Crippen molar-refractivity contribution < 1.29 is 9.59 Å². The fourth-order valence-corrected chi connectivity index (χ4v) is 3.07. The Morgan fingerprint density at radius 2 is 2.07 bits per heavy atom. The number of likely N-dealkylation sites (N-methyl/N-ethyl adjacent to an activating group) is 1. The molecule has 1 fully saturated rings. The van der Waals surface area contributed by atoms with Crippen LogP contribution in [-0.2, 0) is 4.79 Å². The van der Waals surface area contributed by atoms with Gasteiger partial charge in [0.2, 0.25) is 5.91 Å². The monoisotopic (exact) mass is 414 g/mol. The van der Waals surface area contributed by atoms with Gasteiger partial charge in [0.25, 0.3) is 0 Å². The van der Waals surface area contributed by atoms with Gasteiger partial charge in [-0.05, 0) is 48.7 Å². The topological polar surface area (TPSA) is 65.5 Å². The van der Waals surface area contributed by atoms with Crippen LogP contribution in [0.2, 0.25) is 0 Å². The highest BCUT2D eigenvalue weighted by atomic mass is 35.5. The molecule has 7 heteroatoms. The van der Waals surface area contributed by atoms with Crippen LogP contribution in [0, 0.1) is 0 Å². The van der Waals surface area contributed by atoms with Crippen LogP contribution in [0.1, 0.15) is 30.5 Å². The van der Waals surface area contributed by atoms with Gasteiger partial charge in [-0.3, -0.25) is 9.78 Å². The molecule has 1 N–H and O–H groups in total. The molecule has 6 nitrogen and oxygen atoms in total. The van der Waals surface area contributed by atoms with Crippen molar-refractivity contribution in [3.8, 4) is 0 Å². The number of halogens is 1. The molecule has 1 aliphatic rings. The minimum absolute atomic E-state index is 0. The molecule has 0 bridgehead atoms. The Bertz CT molecular complexity index is 842. The third kappa shape index (κ3) is 6.91. The van der Waals surface area contributed by atoms with Crippen LogP contribution >= 0.6 is 12.4 Å². The van der Waals surface area contributed by atoms with Crippen LogP contribution < -0.4 is 5.32 Å². The first-order chi connectivity index (χ1) is 13.6. The van der Waals surface area contributed by atoms with Gasteiger partial charge >= 0.3 is 6.03 Å². The van der Waals surface area contributed by atoms with Gasteiger partial charge < -0.3 is 15.1 Å². The van der Waals surface area contributed by atoms with E-state index < -0.39 is 0 Å². The molecule has 0 radical (unpaired) electrons. The van der Waals surface area contributed by atoms with Crippen molar-refractivity contribution in [3.05, 3.63) is 59.9 Å². The lowest BCUT2D eigenvalue weighted by atomic mass is 10.1. The number of likely N-dealkylation sites (tertiary alicyclic amines) is 1. The number of carbonyl (C=O) groups excluding carboxylic acids is 2. The summed E-state index contributed by atoms with van der Waals surface area (Å²) >= 11 is 0. The van der Waals surface area contributed by atoms with E-state index in [1.807, 2.05) is 59.5 Å². The van der Waals surface area contributed by atoms with E-state index in [2.05, 4.69) is 10.3 Å². The number of benzene rings is 1. The van der Waals surface area contributed by atoms with E-state index in [0.29, 0.717) is 19.5 Å². The van der Waals surface area contributed by atoms with E-state index in [9.17, 15) is 9.59 Å². The van der Waals surface area contributed by atoms with Crippen LogP contribution in [0.5, 0.6) is 0 Å². The molecule has 29 heavy (non-hydrogen) atoms. The van der Waals surface area contributed by atoms with Crippen LogP contribution in [0.4, 0.5) is 10.5 Å². The van der Waals surface area contributed by atoms with Gasteiger partial charge in [-0.2, -0.15) is 0 Å². The first-order valence-corrected chi connectivity index (χ1v) is 9.61. The summed E-state index contributed by atoms with van der Waals surface area (Å²) < 4.78 is 0. The maximum Gasteiger partial charge on any atom is 0.321 e. The molecule has 0 spiro atoms. The van der Waals surface area contributed by atoms with Crippen molar-refractivity contribution in [1.82, 2.24) is 14.8 Å². The lowest BCUT2D eigenvalue weighted by Gasteiger charge is -2.28. The smallest absolute Gasteiger partial charge is 0.321 e. The minimum atomic E-state index is -0.185. The van der Waals surface area contributed by atoms with Crippen molar-refractivity contribution in [2.75, 3.05) is 32.0 Å². The van der Waals surface area contributed by atoms with E-state index in [4.69, 9.17) is 0 Å². The molecular weight excluding hydrogens is 388 g/mol. The van der Waals surface area contributed by atoms with Crippen LogP contribution in [0.25, 0.3) is 12.2 Å². The number of pyridine rings is 1. The van der Waals surface area contributed by atoms with Crippen LogP contribution in [0.3, 0.4) is 0 Å². The summed E-state index contributed by atoms with van der Waals surface area (Å²) in [6.45, 7) is 1.88. The molecule has 1 aromatic heterocycles. The number of hydrogen-bond donors (Lipinski definition) is 1. The van der Waals surface area contributed by atoms with Crippen molar-refractivity contribution in [3.63, 3.8) is 0 Å². The second-order valence-corrected chi connectivity index (χ2v) is 6.90. The molecule has 1 saturated heterocycles. The summed E-state index contributed by atoms with van der Waals surface area (Å²) in [4.78, 5) is 32.0. The molecule has 2 heterocycles.